The monoisotopic (exact) mass is 445 g/mol. The van der Waals surface area contributed by atoms with Gasteiger partial charge in [-0.05, 0) is 36.4 Å². The zero-order valence-corrected chi connectivity index (χ0v) is 17.5. The zero-order chi connectivity index (χ0) is 22.6. The molecule has 0 aliphatic heterocycles. The molecule has 2 aromatic carbocycles. The third-order valence-corrected chi connectivity index (χ3v) is 4.64. The van der Waals surface area contributed by atoms with Crippen molar-refractivity contribution in [2.75, 3.05) is 24.3 Å². The van der Waals surface area contributed by atoms with Crippen molar-refractivity contribution < 1.29 is 18.0 Å². The number of allylic oxidation sites excluding steroid dienone is 1. The van der Waals surface area contributed by atoms with Crippen molar-refractivity contribution in [2.24, 2.45) is 0 Å². The third-order valence-electron chi connectivity index (χ3n) is 4.39. The number of hydrogen-bond acceptors (Lipinski definition) is 4. The maximum Gasteiger partial charge on any atom is 0.416 e. The van der Waals surface area contributed by atoms with Crippen molar-refractivity contribution in [2.45, 2.75) is 6.18 Å². The van der Waals surface area contributed by atoms with Crippen molar-refractivity contribution in [3.8, 4) is 11.3 Å². The van der Waals surface area contributed by atoms with Crippen LogP contribution in [0.1, 0.15) is 15.9 Å². The van der Waals surface area contributed by atoms with Crippen molar-refractivity contribution in [3.05, 3.63) is 89.1 Å². The molecule has 0 amide bonds. The average Bonchev–Trinajstić information content (AvgIpc) is 2.74. The molecule has 1 N–H and O–H groups in total. The fraction of sp³-hybridized carbons (Fsp3) is 0.130. The van der Waals surface area contributed by atoms with Gasteiger partial charge in [-0.25, -0.2) is 4.98 Å². The van der Waals surface area contributed by atoms with Gasteiger partial charge in [0.15, 0.2) is 5.78 Å². The number of nitrogens with zero attached hydrogens (tertiary/aromatic N) is 2. The van der Waals surface area contributed by atoms with Gasteiger partial charge in [-0.1, -0.05) is 35.9 Å². The number of nitrogens with one attached hydrogen (secondary N) is 1. The molecular formula is C23H19ClF3N3O. The summed E-state index contributed by atoms with van der Waals surface area (Å²) in [6, 6.07) is 15.3. The third kappa shape index (κ3) is 5.86. The van der Waals surface area contributed by atoms with E-state index >= 15 is 0 Å². The van der Waals surface area contributed by atoms with Gasteiger partial charge >= 0.3 is 6.18 Å². The Kier molecular flexibility index (Phi) is 6.65. The van der Waals surface area contributed by atoms with Crippen LogP contribution >= 0.6 is 11.6 Å². The molecule has 0 bridgehead atoms. The highest BCUT2D eigenvalue weighted by molar-refractivity contribution is 6.30. The predicted octanol–water partition coefficient (Wildman–Crippen LogP) is 6.30. The van der Waals surface area contributed by atoms with Gasteiger partial charge in [-0.15, -0.1) is 0 Å². The summed E-state index contributed by atoms with van der Waals surface area (Å²) in [5.74, 6) is -0.0554. The number of carbonyl (C=O) groups excluding carboxylic acids is 1. The van der Waals surface area contributed by atoms with Crippen LogP contribution in [0, 0.1) is 0 Å². The fourth-order valence-corrected chi connectivity index (χ4v) is 2.84. The summed E-state index contributed by atoms with van der Waals surface area (Å²) in [6.07, 6.45) is -1.60. The highest BCUT2D eigenvalue weighted by Gasteiger charge is 2.32. The van der Waals surface area contributed by atoms with Gasteiger partial charge in [0.1, 0.15) is 5.82 Å². The fourth-order valence-electron chi connectivity index (χ4n) is 2.72. The number of benzene rings is 2. The molecule has 0 saturated carbocycles. The van der Waals surface area contributed by atoms with Crippen LogP contribution < -0.4 is 10.2 Å². The standard InChI is InChI=1S/C23H19ClF3N3O/c1-30(2)22-14-17(23(25,26)27)13-20(29-22)15-3-5-16(6-4-15)21(31)11-12-28-19-9-7-18(24)8-10-19/h3-14,28H,1-2H3/b12-11+. The molecule has 3 aromatic rings. The van der Waals surface area contributed by atoms with Crippen LogP contribution in [0.3, 0.4) is 0 Å². The second kappa shape index (κ2) is 9.22. The predicted molar refractivity (Wildman–Crippen MR) is 118 cm³/mol. The summed E-state index contributed by atoms with van der Waals surface area (Å²) in [5.41, 5.74) is 1.05. The topological polar surface area (TPSA) is 45.2 Å². The summed E-state index contributed by atoms with van der Waals surface area (Å²) in [4.78, 5) is 18.1. The van der Waals surface area contributed by atoms with E-state index < -0.39 is 11.7 Å². The van der Waals surface area contributed by atoms with Gasteiger partial charge < -0.3 is 10.2 Å². The number of halogens is 4. The van der Waals surface area contributed by atoms with E-state index in [-0.39, 0.29) is 17.3 Å². The number of aromatic nitrogens is 1. The number of rotatable bonds is 6. The summed E-state index contributed by atoms with van der Waals surface area (Å²) >= 11 is 5.83. The molecule has 8 heteroatoms. The number of pyridine rings is 1. The molecule has 1 heterocycles. The van der Waals surface area contributed by atoms with Gasteiger partial charge in [-0.2, -0.15) is 13.2 Å². The Labute approximate surface area is 183 Å². The first-order valence-electron chi connectivity index (χ1n) is 9.23. The first-order valence-corrected chi connectivity index (χ1v) is 9.61. The van der Waals surface area contributed by atoms with E-state index in [9.17, 15) is 18.0 Å². The molecule has 0 saturated heterocycles. The van der Waals surface area contributed by atoms with Crippen molar-refractivity contribution in [3.63, 3.8) is 0 Å². The Hall–Kier alpha value is -3.32. The Balaban J connectivity index is 1.78. The van der Waals surface area contributed by atoms with Crippen molar-refractivity contribution in [1.29, 1.82) is 0 Å². The van der Waals surface area contributed by atoms with Crippen LogP contribution in [0.15, 0.2) is 72.9 Å². The molecule has 0 fully saturated rings. The molecule has 0 aliphatic carbocycles. The normalized spacial score (nSPS) is 11.5. The average molecular weight is 446 g/mol. The molecule has 4 nitrogen and oxygen atoms in total. The van der Waals surface area contributed by atoms with Gasteiger partial charge in [-0.3, -0.25) is 4.79 Å². The Morgan fingerprint density at radius 1 is 1.03 bits per heavy atom. The number of ketones is 1. The van der Waals surface area contributed by atoms with E-state index in [0.717, 1.165) is 17.8 Å². The van der Waals surface area contributed by atoms with Crippen LogP contribution in [0.25, 0.3) is 11.3 Å². The maximum absolute atomic E-state index is 13.2. The van der Waals surface area contributed by atoms with Gasteiger partial charge in [0.2, 0.25) is 0 Å². The van der Waals surface area contributed by atoms with Crippen molar-refractivity contribution >= 4 is 28.9 Å². The van der Waals surface area contributed by atoms with E-state index in [2.05, 4.69) is 10.3 Å². The minimum atomic E-state index is -4.49. The highest BCUT2D eigenvalue weighted by atomic mass is 35.5. The highest BCUT2D eigenvalue weighted by Crippen LogP contribution is 2.34. The van der Waals surface area contributed by atoms with E-state index in [0.29, 0.717) is 16.1 Å². The van der Waals surface area contributed by atoms with Crippen LogP contribution in [-0.2, 0) is 6.18 Å². The molecule has 0 radical (unpaired) electrons. The van der Waals surface area contributed by atoms with Crippen LogP contribution in [0.5, 0.6) is 0 Å². The lowest BCUT2D eigenvalue weighted by molar-refractivity contribution is -0.137. The molecule has 1 aromatic heterocycles. The molecule has 0 aliphatic rings. The smallest absolute Gasteiger partial charge is 0.363 e. The molecule has 0 spiro atoms. The SMILES string of the molecule is CN(C)c1cc(C(F)(F)F)cc(-c2ccc(C(=O)/C=C/Nc3ccc(Cl)cc3)cc2)n1. The minimum absolute atomic E-state index is 0.178. The van der Waals surface area contributed by atoms with Gasteiger partial charge in [0, 0.05) is 48.2 Å². The molecular weight excluding hydrogens is 427 g/mol. The molecule has 0 unspecified atom stereocenters. The Bertz CT molecular complexity index is 1090. The lowest BCUT2D eigenvalue weighted by atomic mass is 10.0. The van der Waals surface area contributed by atoms with E-state index in [1.165, 1.54) is 17.2 Å². The molecule has 3 rings (SSSR count). The first kappa shape index (κ1) is 22.4. The second-order valence-corrected chi connectivity index (χ2v) is 7.35. The molecule has 160 valence electrons. The lowest BCUT2D eigenvalue weighted by Crippen LogP contribution is -2.14. The van der Waals surface area contributed by atoms with Crippen molar-refractivity contribution in [1.82, 2.24) is 4.98 Å². The number of hydrogen-bond donors (Lipinski definition) is 1. The van der Waals surface area contributed by atoms with E-state index in [4.69, 9.17) is 11.6 Å². The summed E-state index contributed by atoms with van der Waals surface area (Å²) in [5, 5.41) is 3.58. The summed E-state index contributed by atoms with van der Waals surface area (Å²) < 4.78 is 39.7. The molecule has 31 heavy (non-hydrogen) atoms. The largest absolute Gasteiger partial charge is 0.416 e. The summed E-state index contributed by atoms with van der Waals surface area (Å²) in [7, 11) is 3.25. The second-order valence-electron chi connectivity index (χ2n) is 6.92. The lowest BCUT2D eigenvalue weighted by Gasteiger charge is -2.16. The maximum atomic E-state index is 13.2. The van der Waals surface area contributed by atoms with Crippen LogP contribution in [0.2, 0.25) is 5.02 Å². The summed E-state index contributed by atoms with van der Waals surface area (Å²) in [6.45, 7) is 0. The Morgan fingerprint density at radius 3 is 2.26 bits per heavy atom. The van der Waals surface area contributed by atoms with Gasteiger partial charge in [0.05, 0.1) is 11.3 Å². The van der Waals surface area contributed by atoms with Gasteiger partial charge in [0.25, 0.3) is 0 Å². The van der Waals surface area contributed by atoms with E-state index in [1.807, 2.05) is 0 Å². The minimum Gasteiger partial charge on any atom is -0.363 e. The molecule has 0 atom stereocenters. The van der Waals surface area contributed by atoms with E-state index in [1.54, 1.807) is 62.6 Å². The first-order chi connectivity index (χ1) is 14.6. The number of alkyl halides is 3. The van der Waals surface area contributed by atoms with Crippen LogP contribution in [0.4, 0.5) is 24.7 Å². The quantitative estimate of drug-likeness (QED) is 0.357. The van der Waals surface area contributed by atoms with Crippen LogP contribution in [-0.4, -0.2) is 24.9 Å². The Morgan fingerprint density at radius 2 is 1.68 bits per heavy atom. The number of carbonyl (C=O) groups is 1. The number of anilines is 2. The zero-order valence-electron chi connectivity index (χ0n) is 16.7.